The van der Waals surface area contributed by atoms with E-state index in [0.717, 1.165) is 32.1 Å². The molecule has 1 aliphatic rings. The summed E-state index contributed by atoms with van der Waals surface area (Å²) >= 11 is 0. The number of likely N-dealkylation sites (tertiary alicyclic amines) is 1. The molecular weight excluding hydrogens is 328 g/mol. The van der Waals surface area contributed by atoms with Gasteiger partial charge < -0.3 is 15.4 Å². The predicted octanol–water partition coefficient (Wildman–Crippen LogP) is 2.19. The van der Waals surface area contributed by atoms with Crippen LogP contribution in [0.5, 0.6) is 0 Å². The van der Waals surface area contributed by atoms with E-state index in [1.165, 1.54) is 25.5 Å². The first-order chi connectivity index (χ1) is 12.7. The average molecular weight is 361 g/mol. The molecule has 0 saturated carbocycles. The second-order valence-corrected chi connectivity index (χ2v) is 6.69. The SMILES string of the molecule is CCNC(=NCC(C)C(=O)OC)NCC(c1ccccc1)N1CCCC1. The van der Waals surface area contributed by atoms with Gasteiger partial charge in [-0.1, -0.05) is 37.3 Å². The molecule has 1 fully saturated rings. The van der Waals surface area contributed by atoms with Gasteiger partial charge in [0.25, 0.3) is 0 Å². The second kappa shape index (κ2) is 10.8. The van der Waals surface area contributed by atoms with Gasteiger partial charge in [-0.2, -0.15) is 0 Å². The highest BCUT2D eigenvalue weighted by molar-refractivity contribution is 5.80. The van der Waals surface area contributed by atoms with Gasteiger partial charge in [-0.15, -0.1) is 0 Å². The fourth-order valence-electron chi connectivity index (χ4n) is 3.23. The number of ether oxygens (including phenoxy) is 1. The highest BCUT2D eigenvalue weighted by Gasteiger charge is 2.23. The van der Waals surface area contributed by atoms with Gasteiger partial charge in [0.2, 0.25) is 0 Å². The number of hydrogen-bond acceptors (Lipinski definition) is 4. The number of carbonyl (C=O) groups excluding carboxylic acids is 1. The maximum absolute atomic E-state index is 11.6. The molecule has 0 amide bonds. The third-order valence-electron chi connectivity index (χ3n) is 4.70. The second-order valence-electron chi connectivity index (χ2n) is 6.69. The van der Waals surface area contributed by atoms with Crippen LogP contribution in [0.15, 0.2) is 35.3 Å². The number of carbonyl (C=O) groups is 1. The van der Waals surface area contributed by atoms with Gasteiger partial charge in [-0.3, -0.25) is 14.7 Å². The molecule has 6 heteroatoms. The molecule has 26 heavy (non-hydrogen) atoms. The normalized spacial score (nSPS) is 17.6. The van der Waals surface area contributed by atoms with E-state index >= 15 is 0 Å². The summed E-state index contributed by atoms with van der Waals surface area (Å²) in [4.78, 5) is 18.6. The lowest BCUT2D eigenvalue weighted by Crippen LogP contribution is -2.43. The first kappa shape index (κ1) is 20.2. The molecule has 0 radical (unpaired) electrons. The molecule has 0 spiro atoms. The Morgan fingerprint density at radius 3 is 2.54 bits per heavy atom. The number of esters is 1. The van der Waals surface area contributed by atoms with Crippen molar-refractivity contribution in [3.05, 3.63) is 35.9 Å². The van der Waals surface area contributed by atoms with E-state index in [-0.39, 0.29) is 11.9 Å². The lowest BCUT2D eigenvalue weighted by atomic mass is 10.1. The number of methoxy groups -OCH3 is 1. The molecule has 1 saturated heterocycles. The highest BCUT2D eigenvalue weighted by Crippen LogP contribution is 2.24. The van der Waals surface area contributed by atoms with Crippen molar-refractivity contribution in [2.24, 2.45) is 10.9 Å². The van der Waals surface area contributed by atoms with Crippen molar-refractivity contribution in [3.8, 4) is 0 Å². The minimum atomic E-state index is -0.251. The Morgan fingerprint density at radius 1 is 1.23 bits per heavy atom. The summed E-state index contributed by atoms with van der Waals surface area (Å²) in [6.07, 6.45) is 2.52. The van der Waals surface area contributed by atoms with Gasteiger partial charge in [0.05, 0.1) is 25.6 Å². The van der Waals surface area contributed by atoms with Crippen molar-refractivity contribution in [1.29, 1.82) is 0 Å². The lowest BCUT2D eigenvalue weighted by molar-refractivity contribution is -0.144. The first-order valence-electron chi connectivity index (χ1n) is 9.54. The van der Waals surface area contributed by atoms with Crippen LogP contribution in [0.4, 0.5) is 0 Å². The van der Waals surface area contributed by atoms with Crippen LogP contribution in [-0.2, 0) is 9.53 Å². The maximum atomic E-state index is 11.6. The van der Waals surface area contributed by atoms with E-state index in [1.807, 2.05) is 13.8 Å². The van der Waals surface area contributed by atoms with Crippen LogP contribution in [-0.4, -0.2) is 56.7 Å². The van der Waals surface area contributed by atoms with Crippen LogP contribution in [0.25, 0.3) is 0 Å². The van der Waals surface area contributed by atoms with E-state index in [4.69, 9.17) is 4.74 Å². The maximum Gasteiger partial charge on any atom is 0.310 e. The summed E-state index contributed by atoms with van der Waals surface area (Å²) in [6, 6.07) is 10.9. The Bertz CT molecular complexity index is 570. The Labute approximate surface area is 157 Å². The van der Waals surface area contributed by atoms with Crippen molar-refractivity contribution in [1.82, 2.24) is 15.5 Å². The van der Waals surface area contributed by atoms with E-state index < -0.39 is 0 Å². The van der Waals surface area contributed by atoms with Gasteiger partial charge in [0.15, 0.2) is 5.96 Å². The molecule has 1 aromatic rings. The number of aliphatic imine (C=N–C) groups is 1. The van der Waals surface area contributed by atoms with E-state index in [1.54, 1.807) is 0 Å². The van der Waals surface area contributed by atoms with Crippen molar-refractivity contribution in [2.75, 3.05) is 39.8 Å². The highest BCUT2D eigenvalue weighted by atomic mass is 16.5. The Kier molecular flexibility index (Phi) is 8.41. The summed E-state index contributed by atoms with van der Waals surface area (Å²) in [5, 5.41) is 6.71. The van der Waals surface area contributed by atoms with Gasteiger partial charge in [0.1, 0.15) is 0 Å². The van der Waals surface area contributed by atoms with Crippen molar-refractivity contribution in [2.45, 2.75) is 32.7 Å². The Morgan fingerprint density at radius 2 is 1.92 bits per heavy atom. The van der Waals surface area contributed by atoms with Gasteiger partial charge in [0, 0.05) is 13.1 Å². The number of hydrogen-bond donors (Lipinski definition) is 2. The molecular formula is C20H32N4O2. The molecule has 6 nitrogen and oxygen atoms in total. The topological polar surface area (TPSA) is 66.0 Å². The number of benzene rings is 1. The molecule has 2 unspecified atom stereocenters. The third-order valence-corrected chi connectivity index (χ3v) is 4.70. The zero-order valence-electron chi connectivity index (χ0n) is 16.2. The zero-order chi connectivity index (χ0) is 18.8. The molecule has 2 rings (SSSR count). The summed E-state index contributed by atoms with van der Waals surface area (Å²) in [6.45, 7) is 8.09. The molecule has 0 aliphatic carbocycles. The van der Waals surface area contributed by atoms with Crippen LogP contribution < -0.4 is 10.6 Å². The summed E-state index contributed by atoms with van der Waals surface area (Å²) in [7, 11) is 1.41. The fourth-order valence-corrected chi connectivity index (χ4v) is 3.23. The molecule has 2 atom stereocenters. The quantitative estimate of drug-likeness (QED) is 0.423. The Hall–Kier alpha value is -2.08. The van der Waals surface area contributed by atoms with Crippen LogP contribution in [0.1, 0.15) is 38.3 Å². The molecule has 1 heterocycles. The van der Waals surface area contributed by atoms with Crippen molar-refractivity contribution in [3.63, 3.8) is 0 Å². The molecule has 0 bridgehead atoms. The van der Waals surface area contributed by atoms with Gasteiger partial charge >= 0.3 is 5.97 Å². The molecule has 144 valence electrons. The van der Waals surface area contributed by atoms with E-state index in [2.05, 4.69) is 50.9 Å². The van der Waals surface area contributed by atoms with E-state index in [0.29, 0.717) is 12.6 Å². The largest absolute Gasteiger partial charge is 0.469 e. The monoisotopic (exact) mass is 360 g/mol. The minimum Gasteiger partial charge on any atom is -0.469 e. The average Bonchev–Trinajstić information content (AvgIpc) is 3.20. The Balaban J connectivity index is 2.02. The van der Waals surface area contributed by atoms with Crippen LogP contribution in [0, 0.1) is 5.92 Å². The van der Waals surface area contributed by atoms with Crippen LogP contribution in [0.3, 0.4) is 0 Å². The summed E-state index contributed by atoms with van der Waals surface area (Å²) in [5.41, 5.74) is 1.32. The molecule has 0 aromatic heterocycles. The standard InChI is InChI=1S/C20H32N4O2/c1-4-21-20(22-14-16(2)19(25)26-3)23-15-18(24-12-8-9-13-24)17-10-6-5-7-11-17/h5-7,10-11,16,18H,4,8-9,12-15H2,1-3H3,(H2,21,22,23). The molecule has 1 aliphatic heterocycles. The van der Waals surface area contributed by atoms with Crippen molar-refractivity contribution >= 4 is 11.9 Å². The fraction of sp³-hybridized carbons (Fsp3) is 0.600. The summed E-state index contributed by atoms with van der Waals surface area (Å²) in [5.74, 6) is 0.256. The zero-order valence-corrected chi connectivity index (χ0v) is 16.2. The number of guanidine groups is 1. The van der Waals surface area contributed by atoms with Crippen LogP contribution >= 0.6 is 0 Å². The molecule has 2 N–H and O–H groups in total. The van der Waals surface area contributed by atoms with Crippen LogP contribution in [0.2, 0.25) is 0 Å². The van der Waals surface area contributed by atoms with Gasteiger partial charge in [-0.05, 0) is 38.4 Å². The molecule has 1 aromatic carbocycles. The smallest absolute Gasteiger partial charge is 0.310 e. The number of nitrogens with one attached hydrogen (secondary N) is 2. The number of rotatable bonds is 8. The minimum absolute atomic E-state index is 0.233. The lowest BCUT2D eigenvalue weighted by Gasteiger charge is -2.29. The van der Waals surface area contributed by atoms with E-state index in [9.17, 15) is 4.79 Å². The summed E-state index contributed by atoms with van der Waals surface area (Å²) < 4.78 is 4.77. The van der Waals surface area contributed by atoms with Crippen molar-refractivity contribution < 1.29 is 9.53 Å². The first-order valence-corrected chi connectivity index (χ1v) is 9.54. The predicted molar refractivity (Wildman–Crippen MR) is 105 cm³/mol. The van der Waals surface area contributed by atoms with Gasteiger partial charge in [-0.25, -0.2) is 0 Å². The number of nitrogens with zero attached hydrogens (tertiary/aromatic N) is 2. The third kappa shape index (κ3) is 6.02.